The first-order chi connectivity index (χ1) is 8.97. The van der Waals surface area contributed by atoms with Gasteiger partial charge in [0.05, 0.1) is 21.8 Å². The van der Waals surface area contributed by atoms with Gasteiger partial charge in [0.25, 0.3) is 0 Å². The molecule has 0 radical (unpaired) electrons. The van der Waals surface area contributed by atoms with E-state index in [1.807, 2.05) is 0 Å². The van der Waals surface area contributed by atoms with Crippen LogP contribution in [0, 0.1) is 11.6 Å². The van der Waals surface area contributed by atoms with Crippen molar-refractivity contribution in [3.8, 4) is 0 Å². The predicted octanol–water partition coefficient (Wildman–Crippen LogP) is 3.91. The number of pyridine rings is 1. The Morgan fingerprint density at radius 3 is 2.63 bits per heavy atom. The molecule has 0 saturated heterocycles. The van der Waals surface area contributed by atoms with Crippen molar-refractivity contribution in [3.05, 3.63) is 63.4 Å². The van der Waals surface area contributed by atoms with Crippen LogP contribution in [0.15, 0.2) is 30.5 Å². The molecule has 1 aromatic carbocycles. The van der Waals surface area contributed by atoms with E-state index in [4.69, 9.17) is 28.9 Å². The molecule has 0 bridgehead atoms. The van der Waals surface area contributed by atoms with Crippen molar-refractivity contribution < 1.29 is 8.78 Å². The molecule has 6 heteroatoms. The highest BCUT2D eigenvalue weighted by atomic mass is 35.5. The van der Waals surface area contributed by atoms with Crippen molar-refractivity contribution in [3.63, 3.8) is 0 Å². The third kappa shape index (κ3) is 3.41. The summed E-state index contributed by atoms with van der Waals surface area (Å²) in [5, 5.41) is 0.690. The summed E-state index contributed by atoms with van der Waals surface area (Å²) in [5.41, 5.74) is 6.50. The lowest BCUT2D eigenvalue weighted by Gasteiger charge is -2.13. The topological polar surface area (TPSA) is 38.9 Å². The van der Waals surface area contributed by atoms with Gasteiger partial charge in [-0.25, -0.2) is 8.78 Å². The van der Waals surface area contributed by atoms with Gasteiger partial charge in [0.15, 0.2) is 0 Å². The second-order valence-corrected chi connectivity index (χ2v) is 4.91. The van der Waals surface area contributed by atoms with Crippen LogP contribution in [0.25, 0.3) is 0 Å². The van der Waals surface area contributed by atoms with E-state index in [9.17, 15) is 8.78 Å². The van der Waals surface area contributed by atoms with Crippen molar-refractivity contribution in [2.24, 2.45) is 5.73 Å². The lowest BCUT2D eigenvalue weighted by Crippen LogP contribution is -2.16. The van der Waals surface area contributed by atoms with E-state index in [0.29, 0.717) is 15.7 Å². The summed E-state index contributed by atoms with van der Waals surface area (Å²) in [6.07, 6.45) is 1.50. The summed E-state index contributed by atoms with van der Waals surface area (Å²) < 4.78 is 26.6. The molecule has 2 N–H and O–H groups in total. The highest BCUT2D eigenvalue weighted by Gasteiger charge is 2.15. The molecule has 2 aromatic rings. The Kier molecular flexibility index (Phi) is 4.34. The molecule has 1 heterocycles. The molecular formula is C13H10Cl2F2N2. The maximum atomic E-state index is 13.5. The summed E-state index contributed by atoms with van der Waals surface area (Å²) in [7, 11) is 0. The van der Waals surface area contributed by atoms with Crippen LogP contribution < -0.4 is 5.73 Å². The third-order valence-corrected chi connectivity index (χ3v) is 3.14. The Morgan fingerprint density at radius 2 is 1.95 bits per heavy atom. The van der Waals surface area contributed by atoms with Gasteiger partial charge < -0.3 is 5.73 Å². The predicted molar refractivity (Wildman–Crippen MR) is 71.2 cm³/mol. The molecule has 1 aromatic heterocycles. The molecule has 1 atom stereocenters. The average molecular weight is 303 g/mol. The van der Waals surface area contributed by atoms with Gasteiger partial charge in [-0.1, -0.05) is 23.2 Å². The van der Waals surface area contributed by atoms with E-state index in [1.54, 1.807) is 0 Å². The maximum Gasteiger partial charge on any atom is 0.126 e. The Labute approximate surface area is 119 Å². The first kappa shape index (κ1) is 14.2. The van der Waals surface area contributed by atoms with Crippen molar-refractivity contribution >= 4 is 23.2 Å². The van der Waals surface area contributed by atoms with Gasteiger partial charge in [-0.15, -0.1) is 0 Å². The first-order valence-corrected chi connectivity index (χ1v) is 6.23. The fourth-order valence-corrected chi connectivity index (χ4v) is 2.25. The highest BCUT2D eigenvalue weighted by molar-refractivity contribution is 6.34. The lowest BCUT2D eigenvalue weighted by atomic mass is 10.0. The fraction of sp³-hybridized carbons (Fsp3) is 0.154. The number of nitrogens with two attached hydrogens (primary N) is 1. The first-order valence-electron chi connectivity index (χ1n) is 5.48. The summed E-state index contributed by atoms with van der Waals surface area (Å²) >= 11 is 11.7. The fourth-order valence-electron chi connectivity index (χ4n) is 1.73. The minimum absolute atomic E-state index is 0.0952. The van der Waals surface area contributed by atoms with Crippen molar-refractivity contribution in [2.75, 3.05) is 0 Å². The minimum Gasteiger partial charge on any atom is -0.322 e. The summed E-state index contributed by atoms with van der Waals surface area (Å²) in [5.74, 6) is -1.03. The molecule has 100 valence electrons. The van der Waals surface area contributed by atoms with Crippen LogP contribution in [0.4, 0.5) is 8.78 Å². The van der Waals surface area contributed by atoms with E-state index in [1.165, 1.54) is 12.3 Å². The molecule has 2 nitrogen and oxygen atoms in total. The van der Waals surface area contributed by atoms with Gasteiger partial charge >= 0.3 is 0 Å². The Hall–Kier alpha value is -1.23. The van der Waals surface area contributed by atoms with Gasteiger partial charge in [0.2, 0.25) is 0 Å². The van der Waals surface area contributed by atoms with Crippen molar-refractivity contribution in [1.82, 2.24) is 4.98 Å². The van der Waals surface area contributed by atoms with Crippen LogP contribution in [0.5, 0.6) is 0 Å². The molecule has 2 rings (SSSR count). The quantitative estimate of drug-likeness (QED) is 0.933. The van der Waals surface area contributed by atoms with Gasteiger partial charge in [-0.2, -0.15) is 0 Å². The Balaban J connectivity index is 2.25. The monoisotopic (exact) mass is 302 g/mol. The van der Waals surface area contributed by atoms with E-state index in [2.05, 4.69) is 4.98 Å². The smallest absolute Gasteiger partial charge is 0.126 e. The van der Waals surface area contributed by atoms with Gasteiger partial charge in [0, 0.05) is 6.20 Å². The SMILES string of the molecule is NC(Cc1cc(F)ccc1F)c1ncc(Cl)cc1Cl. The molecule has 0 aliphatic rings. The standard InChI is InChI=1S/C13H10Cl2F2N2/c14-8-5-10(15)13(19-6-8)12(18)4-7-3-9(16)1-2-11(7)17/h1-3,5-6,12H,4,18H2. The molecule has 0 amide bonds. The number of nitrogens with zero attached hydrogens (tertiary/aromatic N) is 1. The number of hydrogen-bond donors (Lipinski definition) is 1. The summed E-state index contributed by atoms with van der Waals surface area (Å²) in [6.45, 7) is 0. The van der Waals surface area contributed by atoms with Crippen LogP contribution in [-0.4, -0.2) is 4.98 Å². The van der Waals surface area contributed by atoms with Gasteiger partial charge in [-0.3, -0.25) is 4.98 Å². The molecule has 0 spiro atoms. The maximum absolute atomic E-state index is 13.5. The van der Waals surface area contributed by atoms with Crippen LogP contribution in [0.2, 0.25) is 10.0 Å². The molecule has 0 aliphatic carbocycles. The second kappa shape index (κ2) is 5.82. The van der Waals surface area contributed by atoms with E-state index in [0.717, 1.165) is 18.2 Å². The number of hydrogen-bond acceptors (Lipinski definition) is 2. The van der Waals surface area contributed by atoms with E-state index in [-0.39, 0.29) is 12.0 Å². The largest absolute Gasteiger partial charge is 0.322 e. The lowest BCUT2D eigenvalue weighted by molar-refractivity contribution is 0.570. The van der Waals surface area contributed by atoms with Crippen LogP contribution in [-0.2, 0) is 6.42 Å². The van der Waals surface area contributed by atoms with Crippen LogP contribution in [0.1, 0.15) is 17.3 Å². The molecule has 1 unspecified atom stereocenters. The summed E-state index contributed by atoms with van der Waals surface area (Å²) in [6, 6.07) is 4.10. The van der Waals surface area contributed by atoms with Gasteiger partial charge in [0.1, 0.15) is 11.6 Å². The molecule has 0 aliphatic heterocycles. The number of halogens is 4. The summed E-state index contributed by atoms with van der Waals surface area (Å²) in [4.78, 5) is 4.02. The Morgan fingerprint density at radius 1 is 1.21 bits per heavy atom. The van der Waals surface area contributed by atoms with Gasteiger partial charge in [-0.05, 0) is 36.2 Å². The average Bonchev–Trinajstić information content (AvgIpc) is 2.33. The van der Waals surface area contributed by atoms with E-state index >= 15 is 0 Å². The minimum atomic E-state index is -0.638. The van der Waals surface area contributed by atoms with Crippen molar-refractivity contribution in [2.45, 2.75) is 12.5 Å². The molecule has 19 heavy (non-hydrogen) atoms. The van der Waals surface area contributed by atoms with E-state index < -0.39 is 17.7 Å². The normalized spacial score (nSPS) is 12.5. The van der Waals surface area contributed by atoms with Crippen molar-refractivity contribution in [1.29, 1.82) is 0 Å². The zero-order valence-corrected chi connectivity index (χ0v) is 11.2. The number of rotatable bonds is 3. The number of benzene rings is 1. The molecular weight excluding hydrogens is 293 g/mol. The zero-order chi connectivity index (χ0) is 14.0. The Bertz CT molecular complexity index is 605. The third-order valence-electron chi connectivity index (χ3n) is 2.64. The molecule has 0 saturated carbocycles. The second-order valence-electron chi connectivity index (χ2n) is 4.07. The van der Waals surface area contributed by atoms with Crippen LogP contribution >= 0.6 is 23.2 Å². The zero-order valence-electron chi connectivity index (χ0n) is 9.71. The molecule has 0 fully saturated rings. The van der Waals surface area contributed by atoms with Crippen LogP contribution in [0.3, 0.4) is 0 Å². The number of aromatic nitrogens is 1. The highest BCUT2D eigenvalue weighted by Crippen LogP contribution is 2.25.